The number of aliphatic hydroxyl groups excluding tert-OH is 1. The van der Waals surface area contributed by atoms with Crippen LogP contribution >= 0.6 is 11.8 Å². The number of hydrogen-bond acceptors (Lipinski definition) is 4. The molecular weight excluding hydrogens is 308 g/mol. The summed E-state index contributed by atoms with van der Waals surface area (Å²) in [6.45, 7) is -0.426. The zero-order valence-electron chi connectivity index (χ0n) is 10.6. The molecule has 0 aliphatic carbocycles. The lowest BCUT2D eigenvalue weighted by Gasteiger charge is -2.09. The second-order valence-electron chi connectivity index (χ2n) is 3.61. The first-order valence-electron chi connectivity index (χ1n) is 5.49. The largest absolute Gasteiger partial charge is 0.384 e. The Morgan fingerprint density at radius 3 is 2.70 bits per heavy atom. The van der Waals surface area contributed by atoms with E-state index in [2.05, 4.69) is 16.6 Å². The number of thioether (sulfide) groups is 1. The van der Waals surface area contributed by atoms with Crippen molar-refractivity contribution in [3.8, 4) is 11.8 Å². The predicted molar refractivity (Wildman–Crippen MR) is 73.9 cm³/mol. The first kappa shape index (κ1) is 16.9. The van der Waals surface area contributed by atoms with Crippen molar-refractivity contribution in [3.63, 3.8) is 0 Å². The molecule has 8 heteroatoms. The maximum Gasteiger partial charge on any atom is 0.244 e. The highest BCUT2D eigenvalue weighted by molar-refractivity contribution is 7.98. The van der Waals surface area contributed by atoms with Crippen LogP contribution in [0.25, 0.3) is 0 Å². The first-order chi connectivity index (χ1) is 9.42. The molecule has 0 aromatic heterocycles. The van der Waals surface area contributed by atoms with Gasteiger partial charge >= 0.3 is 0 Å². The summed E-state index contributed by atoms with van der Waals surface area (Å²) in [5.41, 5.74) is -0.326. The molecule has 110 valence electrons. The molecular formula is C12H13F2NO3S2. The topological polar surface area (TPSA) is 66.4 Å². The number of aliphatic hydroxyl groups is 1. The molecule has 0 bridgehead atoms. The Morgan fingerprint density at radius 1 is 1.40 bits per heavy atom. The highest BCUT2D eigenvalue weighted by Crippen LogP contribution is 2.20. The lowest BCUT2D eigenvalue weighted by molar-refractivity contribution is 0.350. The summed E-state index contributed by atoms with van der Waals surface area (Å²) in [5, 5.41) is 8.60. The summed E-state index contributed by atoms with van der Waals surface area (Å²) in [6.07, 6.45) is 1.80. The number of halogens is 2. The van der Waals surface area contributed by atoms with Crippen LogP contribution in [0.2, 0.25) is 0 Å². The molecule has 0 aliphatic rings. The van der Waals surface area contributed by atoms with Crippen molar-refractivity contribution in [1.29, 1.82) is 0 Å². The van der Waals surface area contributed by atoms with Gasteiger partial charge in [-0.3, -0.25) is 0 Å². The molecule has 0 unspecified atom stereocenters. The van der Waals surface area contributed by atoms with Crippen LogP contribution in [0.1, 0.15) is 5.56 Å². The average Bonchev–Trinajstić information content (AvgIpc) is 2.35. The normalized spacial score (nSPS) is 11.0. The maximum absolute atomic E-state index is 13.7. The van der Waals surface area contributed by atoms with Gasteiger partial charge in [-0.05, 0) is 12.3 Å². The number of rotatable bonds is 5. The van der Waals surface area contributed by atoms with Crippen molar-refractivity contribution in [2.45, 2.75) is 4.90 Å². The number of benzene rings is 1. The van der Waals surface area contributed by atoms with E-state index in [1.54, 1.807) is 6.26 Å². The molecule has 0 radical (unpaired) electrons. The van der Waals surface area contributed by atoms with Crippen molar-refractivity contribution in [2.75, 3.05) is 25.2 Å². The van der Waals surface area contributed by atoms with E-state index in [-0.39, 0.29) is 12.1 Å². The van der Waals surface area contributed by atoms with Gasteiger partial charge < -0.3 is 5.11 Å². The van der Waals surface area contributed by atoms with Gasteiger partial charge in [-0.25, -0.2) is 21.9 Å². The van der Waals surface area contributed by atoms with E-state index in [0.717, 1.165) is 6.07 Å². The van der Waals surface area contributed by atoms with Gasteiger partial charge in [0.05, 0.1) is 5.56 Å². The molecule has 0 atom stereocenters. The summed E-state index contributed by atoms with van der Waals surface area (Å²) in [7, 11) is -4.13. The Labute approximate surface area is 120 Å². The molecule has 1 rings (SSSR count). The van der Waals surface area contributed by atoms with E-state index < -0.39 is 33.2 Å². The highest BCUT2D eigenvalue weighted by atomic mass is 32.2. The van der Waals surface area contributed by atoms with Crippen LogP contribution in [0, 0.1) is 23.5 Å². The Balaban J connectivity index is 3.28. The van der Waals surface area contributed by atoms with E-state index in [9.17, 15) is 17.2 Å². The third kappa shape index (κ3) is 4.45. The minimum atomic E-state index is -4.13. The van der Waals surface area contributed by atoms with Crippen LogP contribution in [0.5, 0.6) is 0 Å². The van der Waals surface area contributed by atoms with Gasteiger partial charge in [0, 0.05) is 18.4 Å². The van der Waals surface area contributed by atoms with E-state index in [0.29, 0.717) is 11.8 Å². The number of nitrogens with one attached hydrogen (secondary N) is 1. The molecule has 4 nitrogen and oxygen atoms in total. The van der Waals surface area contributed by atoms with Gasteiger partial charge in [-0.15, -0.1) is 0 Å². The minimum absolute atomic E-state index is 0.118. The second-order valence-corrected chi connectivity index (χ2v) is 6.30. The number of hydrogen-bond donors (Lipinski definition) is 2. The minimum Gasteiger partial charge on any atom is -0.384 e. The summed E-state index contributed by atoms with van der Waals surface area (Å²) >= 11 is 1.42. The summed E-state index contributed by atoms with van der Waals surface area (Å²) in [5.74, 6) is 2.77. The molecule has 2 N–H and O–H groups in total. The van der Waals surface area contributed by atoms with Crippen LogP contribution in [0.15, 0.2) is 17.0 Å². The molecule has 0 saturated carbocycles. The zero-order valence-corrected chi connectivity index (χ0v) is 12.2. The van der Waals surface area contributed by atoms with Crippen LogP contribution in [-0.2, 0) is 10.0 Å². The quantitative estimate of drug-likeness (QED) is 0.626. The van der Waals surface area contributed by atoms with Crippen LogP contribution in [0.3, 0.4) is 0 Å². The molecule has 0 spiro atoms. The standard InChI is InChI=1S/C12H13F2NO3S2/c1-19-6-4-15-20(17,18)12-9(3-2-5-16)7-10(13)8-11(12)14/h7-8,15-16H,4-6H2,1H3. The SMILES string of the molecule is CSCCNS(=O)(=O)c1c(F)cc(F)cc1C#CCO. The van der Waals surface area contributed by atoms with Crippen molar-refractivity contribution < 1.29 is 22.3 Å². The van der Waals surface area contributed by atoms with Crippen LogP contribution < -0.4 is 4.72 Å². The molecule has 0 fully saturated rings. The molecule has 0 amide bonds. The fraction of sp³-hybridized carbons (Fsp3) is 0.333. The maximum atomic E-state index is 13.7. The zero-order chi connectivity index (χ0) is 15.2. The number of sulfonamides is 1. The monoisotopic (exact) mass is 321 g/mol. The molecule has 1 aromatic rings. The smallest absolute Gasteiger partial charge is 0.244 e. The summed E-state index contributed by atoms with van der Waals surface area (Å²) < 4.78 is 53.1. The summed E-state index contributed by atoms with van der Waals surface area (Å²) in [4.78, 5) is -0.707. The predicted octanol–water partition coefficient (Wildman–Crippen LogP) is 0.950. The third-order valence-electron chi connectivity index (χ3n) is 2.18. The molecule has 20 heavy (non-hydrogen) atoms. The van der Waals surface area contributed by atoms with Crippen molar-refractivity contribution in [2.24, 2.45) is 0 Å². The summed E-state index contributed by atoms with van der Waals surface area (Å²) in [6, 6.07) is 1.29. The van der Waals surface area contributed by atoms with Crippen molar-refractivity contribution >= 4 is 21.8 Å². The van der Waals surface area contributed by atoms with Gasteiger partial charge in [0.1, 0.15) is 23.1 Å². The van der Waals surface area contributed by atoms with Gasteiger partial charge in [-0.1, -0.05) is 11.8 Å². The van der Waals surface area contributed by atoms with Gasteiger partial charge in [0.2, 0.25) is 10.0 Å². The molecule has 0 aliphatic heterocycles. The lowest BCUT2D eigenvalue weighted by atomic mass is 10.2. The molecule has 0 heterocycles. The van der Waals surface area contributed by atoms with Gasteiger partial charge in [0.15, 0.2) is 0 Å². The first-order valence-corrected chi connectivity index (χ1v) is 8.37. The fourth-order valence-corrected chi connectivity index (χ4v) is 3.08. The Kier molecular flexibility index (Phi) is 6.42. The van der Waals surface area contributed by atoms with Crippen molar-refractivity contribution in [1.82, 2.24) is 4.72 Å². The van der Waals surface area contributed by atoms with E-state index >= 15 is 0 Å². The Hall–Kier alpha value is -1.14. The molecule has 1 aromatic carbocycles. The van der Waals surface area contributed by atoms with Crippen LogP contribution in [0.4, 0.5) is 8.78 Å². The second kappa shape index (κ2) is 7.59. The van der Waals surface area contributed by atoms with E-state index in [1.807, 2.05) is 0 Å². The molecule has 0 saturated heterocycles. The van der Waals surface area contributed by atoms with Gasteiger partial charge in [-0.2, -0.15) is 11.8 Å². The Morgan fingerprint density at radius 2 is 2.10 bits per heavy atom. The van der Waals surface area contributed by atoms with Crippen molar-refractivity contribution in [3.05, 3.63) is 29.3 Å². The van der Waals surface area contributed by atoms with Gasteiger partial charge in [0.25, 0.3) is 0 Å². The van der Waals surface area contributed by atoms with Crippen LogP contribution in [-0.4, -0.2) is 38.7 Å². The van der Waals surface area contributed by atoms with E-state index in [1.165, 1.54) is 11.8 Å². The fourth-order valence-electron chi connectivity index (χ4n) is 1.41. The van der Waals surface area contributed by atoms with E-state index in [4.69, 9.17) is 5.11 Å². The third-order valence-corrected chi connectivity index (χ3v) is 4.33. The highest BCUT2D eigenvalue weighted by Gasteiger charge is 2.23. The Bertz CT molecular complexity index is 636. The average molecular weight is 321 g/mol. The lowest BCUT2D eigenvalue weighted by Crippen LogP contribution is -2.27.